The molecule has 1 heterocycles. The molecule has 0 spiro atoms. The van der Waals surface area contributed by atoms with Crippen molar-refractivity contribution in [3.8, 4) is 0 Å². The zero-order chi connectivity index (χ0) is 10.5. The lowest BCUT2D eigenvalue weighted by atomic mass is 10.0. The van der Waals surface area contributed by atoms with E-state index in [9.17, 15) is 0 Å². The van der Waals surface area contributed by atoms with Crippen LogP contribution < -0.4 is 10.6 Å². The maximum atomic E-state index is 3.22. The van der Waals surface area contributed by atoms with Gasteiger partial charge in [0.1, 0.15) is 0 Å². The van der Waals surface area contributed by atoms with Gasteiger partial charge >= 0.3 is 0 Å². The zero-order valence-corrected chi connectivity index (χ0v) is 11.1. The van der Waals surface area contributed by atoms with Crippen LogP contribution in [0.2, 0.25) is 0 Å². The molecule has 1 aliphatic carbocycles. The fourth-order valence-electron chi connectivity index (χ4n) is 1.66. The Bertz CT molecular complexity index is 60.0. The lowest BCUT2D eigenvalue weighted by Crippen LogP contribution is -2.39. The normalized spacial score (nSPS) is 18.4. The molecule has 0 aromatic heterocycles. The van der Waals surface area contributed by atoms with Crippen LogP contribution in [0, 0.1) is 0 Å². The molecule has 2 fully saturated rings. The summed E-state index contributed by atoms with van der Waals surface area (Å²) >= 11 is 0. The van der Waals surface area contributed by atoms with Gasteiger partial charge in [0.05, 0.1) is 0 Å². The van der Waals surface area contributed by atoms with Crippen molar-refractivity contribution < 1.29 is 11.0 Å². The highest BCUT2D eigenvalue weighted by Gasteiger charge is 1.95. The van der Waals surface area contributed by atoms with E-state index in [1.54, 1.807) is 0 Å². The van der Waals surface area contributed by atoms with Gasteiger partial charge in [-0.25, -0.2) is 0 Å². The van der Waals surface area contributed by atoms with Gasteiger partial charge < -0.3 is 21.6 Å². The Kier molecular flexibility index (Phi) is 26.8. The Labute approximate surface area is 101 Å². The summed E-state index contributed by atoms with van der Waals surface area (Å²) in [5.74, 6) is 0. The first kappa shape index (κ1) is 21.2. The smallest absolute Gasteiger partial charge is 0.00772 e. The molecule has 4 heteroatoms. The average Bonchev–Trinajstić information content (AvgIpc) is 2.37. The highest BCUT2D eigenvalue weighted by molar-refractivity contribution is 4.59. The van der Waals surface area contributed by atoms with Crippen molar-refractivity contribution in [2.75, 3.05) is 26.2 Å². The van der Waals surface area contributed by atoms with Gasteiger partial charge in [0.15, 0.2) is 0 Å². The highest BCUT2D eigenvalue weighted by atomic mass is 16.0. The number of rotatable bonds is 0. The Hall–Kier alpha value is -0.160. The molecule has 4 nitrogen and oxygen atoms in total. The number of hydrogen-bond donors (Lipinski definition) is 2. The summed E-state index contributed by atoms with van der Waals surface area (Å²) in [4.78, 5) is 0. The summed E-state index contributed by atoms with van der Waals surface area (Å²) in [6.07, 6.45) is 9.00. The maximum absolute atomic E-state index is 3.22. The van der Waals surface area contributed by atoms with Crippen LogP contribution in [-0.2, 0) is 0 Å². The van der Waals surface area contributed by atoms with Gasteiger partial charge in [-0.2, -0.15) is 0 Å². The van der Waals surface area contributed by atoms with Crippen LogP contribution in [0.25, 0.3) is 0 Å². The van der Waals surface area contributed by atoms with Gasteiger partial charge in [0, 0.05) is 26.2 Å². The first-order valence-corrected chi connectivity index (χ1v) is 6.41. The van der Waals surface area contributed by atoms with Crippen molar-refractivity contribution in [1.82, 2.24) is 10.6 Å². The summed E-state index contributed by atoms with van der Waals surface area (Å²) in [6, 6.07) is 0. The average molecular weight is 236 g/mol. The van der Waals surface area contributed by atoms with Crippen molar-refractivity contribution in [2.24, 2.45) is 0 Å². The minimum absolute atomic E-state index is 0. The molecule has 2 aliphatic rings. The van der Waals surface area contributed by atoms with E-state index < -0.39 is 0 Å². The Morgan fingerprint density at radius 2 is 0.688 bits per heavy atom. The van der Waals surface area contributed by atoms with Crippen molar-refractivity contribution in [2.45, 2.75) is 52.4 Å². The summed E-state index contributed by atoms with van der Waals surface area (Å²) in [6.45, 7) is 8.56. The molecule has 6 N–H and O–H groups in total. The summed E-state index contributed by atoms with van der Waals surface area (Å²) < 4.78 is 0. The fraction of sp³-hybridized carbons (Fsp3) is 1.00. The van der Waals surface area contributed by atoms with E-state index in [2.05, 4.69) is 10.6 Å². The molecule has 1 saturated heterocycles. The van der Waals surface area contributed by atoms with Crippen LogP contribution in [0.4, 0.5) is 0 Å². The Balaban J connectivity index is -0.000000165. The molecule has 0 unspecified atom stereocenters. The van der Waals surface area contributed by atoms with Crippen LogP contribution in [0.1, 0.15) is 52.4 Å². The lowest BCUT2D eigenvalue weighted by molar-refractivity contribution is 0.504. The SMILES string of the molecule is C1CCCCC1.C1CNCCN1.CC.O.O. The number of piperazine rings is 1. The van der Waals surface area contributed by atoms with Crippen molar-refractivity contribution in [1.29, 1.82) is 0 Å². The van der Waals surface area contributed by atoms with Crippen LogP contribution >= 0.6 is 0 Å². The molecule has 0 atom stereocenters. The third-order valence-corrected chi connectivity index (χ3v) is 2.46. The van der Waals surface area contributed by atoms with Gasteiger partial charge in [0.2, 0.25) is 0 Å². The molecule has 0 aromatic carbocycles. The second kappa shape index (κ2) is 20.3. The van der Waals surface area contributed by atoms with Gasteiger partial charge in [-0.05, 0) is 0 Å². The Morgan fingerprint density at radius 3 is 0.812 bits per heavy atom. The molecule has 0 radical (unpaired) electrons. The highest BCUT2D eigenvalue weighted by Crippen LogP contribution is 2.15. The van der Waals surface area contributed by atoms with Gasteiger partial charge in [-0.1, -0.05) is 52.4 Å². The van der Waals surface area contributed by atoms with E-state index in [1.165, 1.54) is 38.5 Å². The molecule has 16 heavy (non-hydrogen) atoms. The van der Waals surface area contributed by atoms with Gasteiger partial charge in [-0.15, -0.1) is 0 Å². The predicted octanol–water partition coefficient (Wildman–Crippen LogP) is 0.897. The second-order valence-corrected chi connectivity index (χ2v) is 3.62. The summed E-state index contributed by atoms with van der Waals surface area (Å²) in [5, 5.41) is 6.44. The molecular weight excluding hydrogens is 204 g/mol. The quantitative estimate of drug-likeness (QED) is 0.654. The fourth-order valence-corrected chi connectivity index (χ4v) is 1.66. The topological polar surface area (TPSA) is 87.1 Å². The van der Waals surface area contributed by atoms with Crippen LogP contribution in [0.5, 0.6) is 0 Å². The monoisotopic (exact) mass is 236 g/mol. The molecule has 0 amide bonds. The number of hydrogen-bond acceptors (Lipinski definition) is 2. The summed E-state index contributed by atoms with van der Waals surface area (Å²) in [7, 11) is 0. The van der Waals surface area contributed by atoms with Gasteiger partial charge in [0.25, 0.3) is 0 Å². The van der Waals surface area contributed by atoms with E-state index in [0.717, 1.165) is 26.2 Å². The van der Waals surface area contributed by atoms with E-state index in [4.69, 9.17) is 0 Å². The van der Waals surface area contributed by atoms with Crippen LogP contribution in [0.3, 0.4) is 0 Å². The standard InChI is InChI=1S/C6H12.C4H10N2.C2H6.2H2O/c1-2-4-6-5-3-1;1-2-6-4-3-5-1;1-2;;/h1-6H2;5-6H,1-4H2;1-2H3;2*1H2. The minimum atomic E-state index is 0. The van der Waals surface area contributed by atoms with Crippen LogP contribution in [-0.4, -0.2) is 37.1 Å². The molecule has 102 valence electrons. The van der Waals surface area contributed by atoms with Crippen molar-refractivity contribution >= 4 is 0 Å². The number of nitrogens with one attached hydrogen (secondary N) is 2. The minimum Gasteiger partial charge on any atom is -0.412 e. The first-order chi connectivity index (χ1) is 7.00. The largest absolute Gasteiger partial charge is 0.412 e. The van der Waals surface area contributed by atoms with Gasteiger partial charge in [-0.3, -0.25) is 0 Å². The third-order valence-electron chi connectivity index (χ3n) is 2.46. The van der Waals surface area contributed by atoms with E-state index in [0.29, 0.717) is 0 Å². The molecule has 0 aromatic rings. The van der Waals surface area contributed by atoms with E-state index in [-0.39, 0.29) is 11.0 Å². The zero-order valence-electron chi connectivity index (χ0n) is 11.1. The molecule has 1 aliphatic heterocycles. The summed E-state index contributed by atoms with van der Waals surface area (Å²) in [5.41, 5.74) is 0. The first-order valence-electron chi connectivity index (χ1n) is 6.41. The predicted molar refractivity (Wildman–Crippen MR) is 72.0 cm³/mol. The maximum Gasteiger partial charge on any atom is 0.00772 e. The molecule has 0 bridgehead atoms. The van der Waals surface area contributed by atoms with E-state index >= 15 is 0 Å². The molecular formula is C12H32N2O2. The van der Waals surface area contributed by atoms with Crippen LogP contribution in [0.15, 0.2) is 0 Å². The lowest BCUT2D eigenvalue weighted by Gasteiger charge is -2.11. The van der Waals surface area contributed by atoms with Crippen molar-refractivity contribution in [3.05, 3.63) is 0 Å². The third kappa shape index (κ3) is 16.3. The van der Waals surface area contributed by atoms with Crippen molar-refractivity contribution in [3.63, 3.8) is 0 Å². The Morgan fingerprint density at radius 1 is 0.500 bits per heavy atom. The molecule has 1 saturated carbocycles. The van der Waals surface area contributed by atoms with E-state index in [1.807, 2.05) is 13.8 Å². The second-order valence-electron chi connectivity index (χ2n) is 3.62. The molecule has 2 rings (SSSR count).